The van der Waals surface area contributed by atoms with E-state index in [4.69, 9.17) is 0 Å². The van der Waals surface area contributed by atoms with Gasteiger partial charge in [-0.25, -0.2) is 0 Å². The van der Waals surface area contributed by atoms with Crippen molar-refractivity contribution < 1.29 is 8.78 Å². The predicted molar refractivity (Wildman–Crippen MR) is 33.4 cm³/mol. The highest BCUT2D eigenvalue weighted by atomic mass is 32.1. The number of halogens is 2. The van der Waals surface area contributed by atoms with E-state index < -0.39 is 5.25 Å². The largest absolute Gasteiger partial charge is 0.309 e. The molecule has 0 atom stereocenters. The van der Waals surface area contributed by atoms with Gasteiger partial charge in [0.05, 0.1) is 0 Å². The van der Waals surface area contributed by atoms with Crippen LogP contribution in [0.25, 0.3) is 0 Å². The van der Waals surface area contributed by atoms with Crippen LogP contribution in [0.15, 0.2) is 11.6 Å². The van der Waals surface area contributed by atoms with Gasteiger partial charge >= 0.3 is 5.25 Å². The Morgan fingerprint density at radius 2 is 1.88 bits per heavy atom. The quantitative estimate of drug-likeness (QED) is 0.417. The number of rotatable bonds is 1. The molecule has 0 aliphatic carbocycles. The molecule has 0 saturated heterocycles. The van der Waals surface area contributed by atoms with E-state index in [-0.39, 0.29) is 0 Å². The van der Waals surface area contributed by atoms with Crippen LogP contribution in [0.3, 0.4) is 0 Å². The standard InChI is InChI=1S/C5H8F2S/c1-4(2)3-5(6,7)8/h3,8H,1-2H3. The summed E-state index contributed by atoms with van der Waals surface area (Å²) >= 11 is 2.98. The van der Waals surface area contributed by atoms with Gasteiger partial charge in [-0.15, -0.1) is 12.6 Å². The molecule has 0 heterocycles. The lowest BCUT2D eigenvalue weighted by Crippen LogP contribution is -1.99. The number of thiol groups is 1. The lowest BCUT2D eigenvalue weighted by Gasteiger charge is -2.00. The van der Waals surface area contributed by atoms with Gasteiger partial charge in [-0.2, -0.15) is 8.78 Å². The number of hydrogen-bond acceptors (Lipinski definition) is 1. The summed E-state index contributed by atoms with van der Waals surface area (Å²) in [6.45, 7) is 3.20. The van der Waals surface area contributed by atoms with Crippen molar-refractivity contribution in [2.45, 2.75) is 19.1 Å². The number of allylic oxidation sites excluding steroid dienone is 1. The Morgan fingerprint density at radius 1 is 1.50 bits per heavy atom. The van der Waals surface area contributed by atoms with Gasteiger partial charge in [0.25, 0.3) is 0 Å². The lowest BCUT2D eigenvalue weighted by molar-refractivity contribution is 0.164. The first-order valence-electron chi connectivity index (χ1n) is 2.18. The average molecular weight is 138 g/mol. The van der Waals surface area contributed by atoms with Gasteiger partial charge in [0.2, 0.25) is 0 Å². The Bertz CT molecular complexity index is 97.5. The van der Waals surface area contributed by atoms with Crippen LogP contribution >= 0.6 is 12.6 Å². The molecule has 3 heteroatoms. The summed E-state index contributed by atoms with van der Waals surface area (Å²) in [5.41, 5.74) is 0.574. The molecular weight excluding hydrogens is 130 g/mol. The van der Waals surface area contributed by atoms with E-state index in [0.29, 0.717) is 5.57 Å². The van der Waals surface area contributed by atoms with Crippen LogP contribution in [0.5, 0.6) is 0 Å². The molecule has 0 saturated carbocycles. The van der Waals surface area contributed by atoms with Crippen molar-refractivity contribution >= 4 is 12.6 Å². The van der Waals surface area contributed by atoms with E-state index in [1.165, 1.54) is 0 Å². The van der Waals surface area contributed by atoms with Gasteiger partial charge < -0.3 is 0 Å². The van der Waals surface area contributed by atoms with Crippen molar-refractivity contribution in [2.24, 2.45) is 0 Å². The first kappa shape index (κ1) is 7.95. The fourth-order valence-corrected chi connectivity index (χ4v) is 0.606. The SMILES string of the molecule is CC(C)=CC(F)(F)S. The van der Waals surface area contributed by atoms with Crippen molar-refractivity contribution in [3.63, 3.8) is 0 Å². The summed E-state index contributed by atoms with van der Waals surface area (Å²) in [5.74, 6) is 0. The Kier molecular flexibility index (Phi) is 2.47. The Balaban J connectivity index is 3.89. The summed E-state index contributed by atoms with van der Waals surface area (Å²) in [5, 5.41) is -2.95. The molecule has 0 fully saturated rings. The van der Waals surface area contributed by atoms with Crippen molar-refractivity contribution in [1.82, 2.24) is 0 Å². The van der Waals surface area contributed by atoms with E-state index in [0.717, 1.165) is 6.08 Å². The van der Waals surface area contributed by atoms with E-state index in [9.17, 15) is 8.78 Å². The van der Waals surface area contributed by atoms with E-state index >= 15 is 0 Å². The van der Waals surface area contributed by atoms with Crippen LogP contribution in [0.1, 0.15) is 13.8 Å². The Morgan fingerprint density at radius 3 is 1.88 bits per heavy atom. The molecule has 0 amide bonds. The van der Waals surface area contributed by atoms with Crippen LogP contribution in [-0.2, 0) is 0 Å². The van der Waals surface area contributed by atoms with Crippen LogP contribution in [0.2, 0.25) is 0 Å². The maximum absolute atomic E-state index is 11.8. The summed E-state index contributed by atoms with van der Waals surface area (Å²) in [7, 11) is 0. The second-order valence-corrected chi connectivity index (χ2v) is 2.41. The fraction of sp³-hybridized carbons (Fsp3) is 0.600. The monoisotopic (exact) mass is 138 g/mol. The molecule has 0 radical (unpaired) electrons. The molecule has 0 nitrogen and oxygen atoms in total. The molecule has 48 valence electrons. The zero-order chi connectivity index (χ0) is 6.78. The first-order chi connectivity index (χ1) is 3.42. The van der Waals surface area contributed by atoms with Crippen LogP contribution in [0, 0.1) is 0 Å². The van der Waals surface area contributed by atoms with Crippen LogP contribution in [-0.4, -0.2) is 5.25 Å². The minimum atomic E-state index is -2.95. The molecule has 8 heavy (non-hydrogen) atoms. The van der Waals surface area contributed by atoms with E-state index in [1.807, 2.05) is 0 Å². The highest BCUT2D eigenvalue weighted by molar-refractivity contribution is 7.81. The third-order valence-corrected chi connectivity index (χ3v) is 0.591. The summed E-state index contributed by atoms with van der Waals surface area (Å²) < 4.78 is 23.5. The molecule has 0 aliphatic rings. The van der Waals surface area contributed by atoms with Gasteiger partial charge in [-0.3, -0.25) is 0 Å². The normalized spacial score (nSPS) is 11.1. The van der Waals surface area contributed by atoms with Gasteiger partial charge in [0.15, 0.2) is 0 Å². The van der Waals surface area contributed by atoms with Crippen molar-refractivity contribution in [3.8, 4) is 0 Å². The van der Waals surface area contributed by atoms with Crippen molar-refractivity contribution in [3.05, 3.63) is 11.6 Å². The van der Waals surface area contributed by atoms with E-state index in [1.54, 1.807) is 13.8 Å². The maximum atomic E-state index is 11.8. The number of alkyl halides is 2. The summed E-state index contributed by atoms with van der Waals surface area (Å²) in [4.78, 5) is 0. The predicted octanol–water partition coefficient (Wildman–Crippen LogP) is 2.48. The number of hydrogen-bond donors (Lipinski definition) is 1. The van der Waals surface area contributed by atoms with Crippen molar-refractivity contribution in [2.75, 3.05) is 0 Å². The third kappa shape index (κ3) is 5.95. The molecule has 0 bridgehead atoms. The second-order valence-electron chi connectivity index (χ2n) is 1.81. The molecule has 0 unspecified atom stereocenters. The minimum absolute atomic E-state index is 0.574. The van der Waals surface area contributed by atoms with Crippen LogP contribution in [0.4, 0.5) is 8.78 Å². The molecule has 0 rings (SSSR count). The molecule has 0 aromatic carbocycles. The molecule has 0 spiro atoms. The second kappa shape index (κ2) is 2.49. The highest BCUT2D eigenvalue weighted by Gasteiger charge is 2.16. The fourth-order valence-electron chi connectivity index (χ4n) is 0.347. The highest BCUT2D eigenvalue weighted by Crippen LogP contribution is 2.20. The summed E-state index contributed by atoms with van der Waals surface area (Å²) in [6.07, 6.45) is 0.802. The molecule has 0 aromatic rings. The Labute approximate surface area is 53.0 Å². The van der Waals surface area contributed by atoms with Gasteiger partial charge in [0.1, 0.15) is 0 Å². The minimum Gasteiger partial charge on any atom is -0.190 e. The molecular formula is C5H8F2S. The molecule has 0 N–H and O–H groups in total. The molecule has 0 aliphatic heterocycles. The zero-order valence-corrected chi connectivity index (χ0v) is 5.67. The van der Waals surface area contributed by atoms with Crippen LogP contribution < -0.4 is 0 Å². The summed E-state index contributed by atoms with van der Waals surface area (Å²) in [6, 6.07) is 0. The topological polar surface area (TPSA) is 0 Å². The maximum Gasteiger partial charge on any atom is 0.309 e. The van der Waals surface area contributed by atoms with E-state index in [2.05, 4.69) is 12.6 Å². The average Bonchev–Trinajstić information content (AvgIpc) is 1.21. The van der Waals surface area contributed by atoms with Gasteiger partial charge in [0, 0.05) is 0 Å². The van der Waals surface area contributed by atoms with Crippen molar-refractivity contribution in [1.29, 1.82) is 0 Å². The van der Waals surface area contributed by atoms with Gasteiger partial charge in [-0.05, 0) is 19.9 Å². The first-order valence-corrected chi connectivity index (χ1v) is 2.63. The zero-order valence-electron chi connectivity index (χ0n) is 4.78. The Hall–Kier alpha value is -0.0500. The van der Waals surface area contributed by atoms with Gasteiger partial charge in [-0.1, -0.05) is 5.57 Å². The molecule has 0 aromatic heterocycles. The third-order valence-electron chi connectivity index (χ3n) is 0.462. The lowest BCUT2D eigenvalue weighted by atomic mass is 10.3. The smallest absolute Gasteiger partial charge is 0.190 e.